The van der Waals surface area contributed by atoms with Crippen molar-refractivity contribution in [3.8, 4) is 0 Å². The topological polar surface area (TPSA) is 74.0 Å². The van der Waals surface area contributed by atoms with Crippen molar-refractivity contribution in [1.29, 1.82) is 0 Å². The number of hydrogen-bond acceptors (Lipinski definition) is 5. The normalized spacial score (nSPS) is 12.3. The van der Waals surface area contributed by atoms with Crippen molar-refractivity contribution in [1.82, 2.24) is 19.6 Å². The standard InChI is InChI=1S/C13H18ClN5O2/c1-10(9-18-5-3-4-15-18)17-11-8-16-19(6-7-21-2)13(20)12(11)14/h3-5,8,10,17H,6-7,9H2,1-2H3. The molecule has 114 valence electrons. The Morgan fingerprint density at radius 1 is 1.48 bits per heavy atom. The van der Waals surface area contributed by atoms with Gasteiger partial charge in [0.2, 0.25) is 0 Å². The zero-order valence-corrected chi connectivity index (χ0v) is 12.7. The molecule has 0 aromatic carbocycles. The van der Waals surface area contributed by atoms with E-state index in [4.69, 9.17) is 16.3 Å². The summed E-state index contributed by atoms with van der Waals surface area (Å²) in [6.45, 7) is 3.43. The molecule has 0 aliphatic heterocycles. The van der Waals surface area contributed by atoms with Crippen LogP contribution in [0.1, 0.15) is 6.92 Å². The Balaban J connectivity index is 2.06. The first-order valence-corrected chi connectivity index (χ1v) is 6.98. The van der Waals surface area contributed by atoms with Gasteiger partial charge in [0.1, 0.15) is 5.02 Å². The molecule has 0 aliphatic rings. The molecule has 2 rings (SSSR count). The Morgan fingerprint density at radius 2 is 2.29 bits per heavy atom. The average Bonchev–Trinajstić information content (AvgIpc) is 2.96. The molecule has 0 amide bonds. The summed E-state index contributed by atoms with van der Waals surface area (Å²) in [4.78, 5) is 12.0. The third kappa shape index (κ3) is 4.05. The van der Waals surface area contributed by atoms with Crippen LogP contribution >= 0.6 is 11.6 Å². The summed E-state index contributed by atoms with van der Waals surface area (Å²) in [5.74, 6) is 0. The van der Waals surface area contributed by atoms with E-state index in [0.29, 0.717) is 25.4 Å². The second kappa shape index (κ2) is 7.24. The van der Waals surface area contributed by atoms with Crippen molar-refractivity contribution in [2.45, 2.75) is 26.1 Å². The minimum atomic E-state index is -0.329. The van der Waals surface area contributed by atoms with Crippen LogP contribution < -0.4 is 10.9 Å². The highest BCUT2D eigenvalue weighted by Crippen LogP contribution is 2.16. The molecule has 1 atom stereocenters. The van der Waals surface area contributed by atoms with Gasteiger partial charge in [-0.25, -0.2) is 4.68 Å². The number of anilines is 1. The van der Waals surface area contributed by atoms with Gasteiger partial charge in [-0.3, -0.25) is 9.48 Å². The zero-order valence-electron chi connectivity index (χ0n) is 12.0. The molecule has 2 aromatic rings. The van der Waals surface area contributed by atoms with Gasteiger partial charge < -0.3 is 10.1 Å². The monoisotopic (exact) mass is 311 g/mol. The van der Waals surface area contributed by atoms with Gasteiger partial charge in [-0.15, -0.1) is 0 Å². The molecule has 1 N–H and O–H groups in total. The van der Waals surface area contributed by atoms with Gasteiger partial charge in [0.25, 0.3) is 5.56 Å². The van der Waals surface area contributed by atoms with Crippen LogP contribution in [0.4, 0.5) is 5.69 Å². The van der Waals surface area contributed by atoms with E-state index in [2.05, 4.69) is 15.5 Å². The quantitative estimate of drug-likeness (QED) is 0.833. The first-order chi connectivity index (χ1) is 10.1. The summed E-state index contributed by atoms with van der Waals surface area (Å²) in [6.07, 6.45) is 5.15. The Kier molecular flexibility index (Phi) is 5.35. The van der Waals surface area contributed by atoms with E-state index in [1.807, 2.05) is 19.2 Å². The predicted molar refractivity (Wildman–Crippen MR) is 80.7 cm³/mol. The molecule has 0 spiro atoms. The lowest BCUT2D eigenvalue weighted by Gasteiger charge is -2.16. The smallest absolute Gasteiger partial charge is 0.287 e. The van der Waals surface area contributed by atoms with Crippen molar-refractivity contribution >= 4 is 17.3 Å². The van der Waals surface area contributed by atoms with Crippen molar-refractivity contribution in [2.75, 3.05) is 19.0 Å². The van der Waals surface area contributed by atoms with Gasteiger partial charge >= 0.3 is 0 Å². The summed E-state index contributed by atoms with van der Waals surface area (Å²) >= 11 is 6.10. The molecule has 0 saturated heterocycles. The fraction of sp³-hybridized carbons (Fsp3) is 0.462. The number of nitrogens with zero attached hydrogens (tertiary/aromatic N) is 4. The maximum atomic E-state index is 12.0. The first-order valence-electron chi connectivity index (χ1n) is 6.60. The number of nitrogens with one attached hydrogen (secondary N) is 1. The number of rotatable bonds is 7. The largest absolute Gasteiger partial charge is 0.383 e. The van der Waals surface area contributed by atoms with Gasteiger partial charge in [-0.1, -0.05) is 11.6 Å². The SMILES string of the molecule is COCCn1ncc(NC(C)Cn2cccn2)c(Cl)c1=O. The third-order valence-electron chi connectivity index (χ3n) is 2.91. The Labute approximate surface area is 127 Å². The van der Waals surface area contributed by atoms with Crippen molar-refractivity contribution < 1.29 is 4.74 Å². The van der Waals surface area contributed by atoms with Crippen LogP contribution in [-0.4, -0.2) is 39.3 Å². The molecule has 1 unspecified atom stereocenters. The van der Waals surface area contributed by atoms with E-state index in [1.54, 1.807) is 24.2 Å². The number of halogens is 1. The summed E-state index contributed by atoms with van der Waals surface area (Å²) in [6, 6.07) is 1.91. The highest BCUT2D eigenvalue weighted by Gasteiger charge is 2.11. The Hall–Kier alpha value is -1.86. The minimum absolute atomic E-state index is 0.0541. The molecule has 7 nitrogen and oxygen atoms in total. The van der Waals surface area contributed by atoms with E-state index < -0.39 is 0 Å². The van der Waals surface area contributed by atoms with Crippen LogP contribution in [0, 0.1) is 0 Å². The molecule has 8 heteroatoms. The Morgan fingerprint density at radius 3 is 2.95 bits per heavy atom. The van der Waals surface area contributed by atoms with Crippen molar-refractivity contribution in [2.24, 2.45) is 0 Å². The molecule has 0 saturated carbocycles. The fourth-order valence-corrected chi connectivity index (χ4v) is 2.10. The molecule has 0 aliphatic carbocycles. The number of aromatic nitrogens is 4. The van der Waals surface area contributed by atoms with Crippen LogP contribution in [0.5, 0.6) is 0 Å². The van der Waals surface area contributed by atoms with Gasteiger partial charge in [0, 0.05) is 25.5 Å². The van der Waals surface area contributed by atoms with E-state index in [0.717, 1.165) is 0 Å². The number of methoxy groups -OCH3 is 1. The lowest BCUT2D eigenvalue weighted by molar-refractivity contribution is 0.182. The molecule has 21 heavy (non-hydrogen) atoms. The van der Waals surface area contributed by atoms with Crippen LogP contribution in [0.25, 0.3) is 0 Å². The molecular weight excluding hydrogens is 294 g/mol. The average molecular weight is 312 g/mol. The number of ether oxygens (including phenoxy) is 1. The van der Waals surface area contributed by atoms with Gasteiger partial charge in [0.05, 0.1) is 31.6 Å². The van der Waals surface area contributed by atoms with E-state index in [1.165, 1.54) is 4.68 Å². The molecule has 2 aromatic heterocycles. The van der Waals surface area contributed by atoms with Crippen LogP contribution in [0.15, 0.2) is 29.5 Å². The highest BCUT2D eigenvalue weighted by atomic mass is 35.5. The van der Waals surface area contributed by atoms with Crippen LogP contribution in [0.3, 0.4) is 0 Å². The van der Waals surface area contributed by atoms with E-state index in [9.17, 15) is 4.79 Å². The highest BCUT2D eigenvalue weighted by molar-refractivity contribution is 6.32. The molecule has 0 radical (unpaired) electrons. The molecule has 0 fully saturated rings. The van der Waals surface area contributed by atoms with Gasteiger partial charge in [-0.2, -0.15) is 10.2 Å². The first kappa shape index (κ1) is 15.5. The number of hydrogen-bond donors (Lipinski definition) is 1. The van der Waals surface area contributed by atoms with Crippen LogP contribution in [0.2, 0.25) is 5.02 Å². The molecular formula is C13H18ClN5O2. The zero-order chi connectivity index (χ0) is 15.2. The third-order valence-corrected chi connectivity index (χ3v) is 3.28. The summed E-state index contributed by atoms with van der Waals surface area (Å²) in [7, 11) is 1.57. The Bertz CT molecular complexity index is 626. The molecule has 0 bridgehead atoms. The molecule has 2 heterocycles. The maximum absolute atomic E-state index is 12.0. The lowest BCUT2D eigenvalue weighted by atomic mass is 10.3. The summed E-state index contributed by atoms with van der Waals surface area (Å²) in [5.41, 5.74) is 0.194. The second-order valence-electron chi connectivity index (χ2n) is 4.67. The van der Waals surface area contributed by atoms with Crippen LogP contribution in [-0.2, 0) is 17.8 Å². The van der Waals surface area contributed by atoms with E-state index >= 15 is 0 Å². The fourth-order valence-electron chi connectivity index (χ4n) is 1.90. The summed E-state index contributed by atoms with van der Waals surface area (Å²) in [5, 5.41) is 11.5. The second-order valence-corrected chi connectivity index (χ2v) is 5.04. The maximum Gasteiger partial charge on any atom is 0.287 e. The lowest BCUT2D eigenvalue weighted by Crippen LogP contribution is -2.28. The van der Waals surface area contributed by atoms with Crippen molar-refractivity contribution in [3.05, 3.63) is 40.0 Å². The minimum Gasteiger partial charge on any atom is -0.383 e. The van der Waals surface area contributed by atoms with Crippen molar-refractivity contribution in [3.63, 3.8) is 0 Å². The van der Waals surface area contributed by atoms with Gasteiger partial charge in [0.15, 0.2) is 0 Å². The van der Waals surface area contributed by atoms with E-state index in [-0.39, 0.29) is 16.6 Å². The predicted octanol–water partition coefficient (Wildman–Crippen LogP) is 1.24. The summed E-state index contributed by atoms with van der Waals surface area (Å²) < 4.78 is 8.02. The van der Waals surface area contributed by atoms with Gasteiger partial charge in [-0.05, 0) is 13.0 Å².